The maximum atomic E-state index is 12.7. The van der Waals surface area contributed by atoms with Crippen molar-refractivity contribution < 1.29 is 9.53 Å². The normalized spacial score (nSPS) is 18.4. The van der Waals surface area contributed by atoms with Gasteiger partial charge in [0.05, 0.1) is 0 Å². The van der Waals surface area contributed by atoms with E-state index in [-0.39, 0.29) is 18.0 Å². The highest BCUT2D eigenvalue weighted by atomic mass is 35.5. The zero-order valence-electron chi connectivity index (χ0n) is 15.6. The SMILES string of the molecule is O=C(Nc1cccc(OCc2cccnc2)c1)C1CC(c2cccc(Cl)c2)NN1. The third-order valence-electron chi connectivity index (χ3n) is 4.70. The number of rotatable bonds is 6. The molecule has 0 radical (unpaired) electrons. The highest BCUT2D eigenvalue weighted by Gasteiger charge is 2.30. The Kier molecular flexibility index (Phi) is 6.05. The number of hydrogen-bond donors (Lipinski definition) is 3. The predicted molar refractivity (Wildman–Crippen MR) is 113 cm³/mol. The summed E-state index contributed by atoms with van der Waals surface area (Å²) in [5, 5.41) is 3.63. The van der Waals surface area contributed by atoms with Gasteiger partial charge in [-0.3, -0.25) is 9.78 Å². The number of amides is 1. The standard InChI is InChI=1S/C22H21ClN4O2/c23-17-6-1-5-16(10-17)20-12-21(27-26-20)22(28)25-18-7-2-8-19(11-18)29-14-15-4-3-9-24-13-15/h1-11,13,20-21,26-27H,12,14H2,(H,25,28). The van der Waals surface area contributed by atoms with E-state index in [4.69, 9.17) is 16.3 Å². The average Bonchev–Trinajstić information content (AvgIpc) is 3.24. The molecular weight excluding hydrogens is 388 g/mol. The highest BCUT2D eigenvalue weighted by Crippen LogP contribution is 2.25. The predicted octanol–water partition coefficient (Wildman–Crippen LogP) is 3.86. The van der Waals surface area contributed by atoms with Gasteiger partial charge in [0.15, 0.2) is 0 Å². The van der Waals surface area contributed by atoms with Crippen molar-refractivity contribution in [3.05, 3.63) is 89.2 Å². The number of carbonyl (C=O) groups excluding carboxylic acids is 1. The van der Waals surface area contributed by atoms with Crippen LogP contribution in [0.15, 0.2) is 73.1 Å². The first-order valence-corrected chi connectivity index (χ1v) is 9.74. The van der Waals surface area contributed by atoms with Gasteiger partial charge < -0.3 is 10.1 Å². The monoisotopic (exact) mass is 408 g/mol. The van der Waals surface area contributed by atoms with Crippen molar-refractivity contribution in [2.24, 2.45) is 0 Å². The van der Waals surface area contributed by atoms with Crippen molar-refractivity contribution in [1.82, 2.24) is 15.8 Å². The van der Waals surface area contributed by atoms with Gasteiger partial charge in [0.25, 0.3) is 0 Å². The molecule has 1 fully saturated rings. The molecule has 0 aliphatic carbocycles. The molecule has 29 heavy (non-hydrogen) atoms. The largest absolute Gasteiger partial charge is 0.489 e. The fourth-order valence-corrected chi connectivity index (χ4v) is 3.41. The van der Waals surface area contributed by atoms with Crippen LogP contribution in [0, 0.1) is 0 Å². The Morgan fingerprint density at radius 3 is 2.86 bits per heavy atom. The molecule has 0 saturated carbocycles. The zero-order valence-corrected chi connectivity index (χ0v) is 16.4. The molecule has 0 bridgehead atoms. The van der Waals surface area contributed by atoms with Gasteiger partial charge in [-0.15, -0.1) is 0 Å². The maximum absolute atomic E-state index is 12.7. The summed E-state index contributed by atoms with van der Waals surface area (Å²) in [6.45, 7) is 0.417. The minimum Gasteiger partial charge on any atom is -0.489 e. The van der Waals surface area contributed by atoms with Crippen molar-refractivity contribution >= 4 is 23.2 Å². The van der Waals surface area contributed by atoms with Crippen LogP contribution in [-0.2, 0) is 11.4 Å². The topological polar surface area (TPSA) is 75.3 Å². The minimum absolute atomic E-state index is 0.0265. The van der Waals surface area contributed by atoms with Crippen molar-refractivity contribution in [3.8, 4) is 5.75 Å². The summed E-state index contributed by atoms with van der Waals surface area (Å²) in [7, 11) is 0. The fourth-order valence-electron chi connectivity index (χ4n) is 3.21. The van der Waals surface area contributed by atoms with E-state index in [1.807, 2.05) is 60.7 Å². The second-order valence-corrected chi connectivity index (χ2v) is 7.29. The first kappa shape index (κ1) is 19.4. The Balaban J connectivity index is 1.34. The molecule has 1 saturated heterocycles. The number of nitrogens with zero attached hydrogens (tertiary/aromatic N) is 1. The van der Waals surface area contributed by atoms with Crippen LogP contribution in [0.2, 0.25) is 5.02 Å². The molecule has 6 nitrogen and oxygen atoms in total. The average molecular weight is 409 g/mol. The number of benzene rings is 2. The summed E-state index contributed by atoms with van der Waals surface area (Å²) in [6.07, 6.45) is 4.12. The van der Waals surface area contributed by atoms with Gasteiger partial charge in [-0.25, -0.2) is 10.9 Å². The molecule has 1 aromatic heterocycles. The van der Waals surface area contributed by atoms with Crippen molar-refractivity contribution in [2.45, 2.75) is 25.1 Å². The quantitative estimate of drug-likeness (QED) is 0.577. The van der Waals surface area contributed by atoms with Crippen LogP contribution in [0.5, 0.6) is 5.75 Å². The molecule has 3 N–H and O–H groups in total. The molecule has 7 heteroatoms. The number of ether oxygens (including phenoxy) is 1. The van der Waals surface area contributed by atoms with Gasteiger partial charge in [0, 0.05) is 40.8 Å². The van der Waals surface area contributed by atoms with Gasteiger partial charge in [0.2, 0.25) is 5.91 Å². The van der Waals surface area contributed by atoms with Crippen LogP contribution in [0.3, 0.4) is 0 Å². The third-order valence-corrected chi connectivity index (χ3v) is 4.94. The smallest absolute Gasteiger partial charge is 0.242 e. The molecule has 1 amide bonds. The van der Waals surface area contributed by atoms with E-state index < -0.39 is 0 Å². The summed E-state index contributed by atoms with van der Waals surface area (Å²) in [5.41, 5.74) is 8.95. The second kappa shape index (κ2) is 9.05. The summed E-state index contributed by atoms with van der Waals surface area (Å²) < 4.78 is 5.79. The number of aromatic nitrogens is 1. The fraction of sp³-hybridized carbons (Fsp3) is 0.182. The van der Waals surface area contributed by atoms with Crippen LogP contribution < -0.4 is 20.9 Å². The van der Waals surface area contributed by atoms with Gasteiger partial charge in [-0.2, -0.15) is 0 Å². The van der Waals surface area contributed by atoms with Gasteiger partial charge in [-0.1, -0.05) is 35.9 Å². The zero-order chi connectivity index (χ0) is 20.1. The highest BCUT2D eigenvalue weighted by molar-refractivity contribution is 6.30. The van der Waals surface area contributed by atoms with Gasteiger partial charge in [0.1, 0.15) is 18.4 Å². The van der Waals surface area contributed by atoms with Crippen molar-refractivity contribution in [3.63, 3.8) is 0 Å². The van der Waals surface area contributed by atoms with E-state index >= 15 is 0 Å². The first-order valence-electron chi connectivity index (χ1n) is 9.36. The molecule has 2 unspecified atom stereocenters. The molecule has 148 valence electrons. The second-order valence-electron chi connectivity index (χ2n) is 6.85. The Morgan fingerprint density at radius 2 is 2.03 bits per heavy atom. The molecule has 1 aliphatic rings. The lowest BCUT2D eigenvalue weighted by atomic mass is 10.0. The first-order chi connectivity index (χ1) is 14.2. The van der Waals surface area contributed by atoms with E-state index in [1.54, 1.807) is 12.4 Å². The number of hydrogen-bond acceptors (Lipinski definition) is 5. The Morgan fingerprint density at radius 1 is 1.14 bits per heavy atom. The van der Waals surface area contributed by atoms with Crippen molar-refractivity contribution in [2.75, 3.05) is 5.32 Å². The molecule has 0 spiro atoms. The number of pyridine rings is 1. The lowest BCUT2D eigenvalue weighted by Crippen LogP contribution is -2.39. The van der Waals surface area contributed by atoms with Crippen LogP contribution in [-0.4, -0.2) is 16.9 Å². The molecule has 2 aromatic carbocycles. The number of nitrogens with one attached hydrogen (secondary N) is 3. The Hall–Kier alpha value is -2.93. The minimum atomic E-state index is -0.348. The molecule has 4 rings (SSSR count). The van der Waals surface area contributed by atoms with Crippen LogP contribution in [0.25, 0.3) is 0 Å². The molecular formula is C22H21ClN4O2. The number of carbonyl (C=O) groups is 1. The van der Waals surface area contributed by atoms with E-state index in [0.717, 1.165) is 11.1 Å². The van der Waals surface area contributed by atoms with E-state index in [2.05, 4.69) is 21.2 Å². The van der Waals surface area contributed by atoms with Crippen molar-refractivity contribution in [1.29, 1.82) is 0 Å². The maximum Gasteiger partial charge on any atom is 0.242 e. The molecule has 2 heterocycles. The van der Waals surface area contributed by atoms with E-state index in [9.17, 15) is 4.79 Å². The third kappa shape index (κ3) is 5.12. The molecule has 2 atom stereocenters. The van der Waals surface area contributed by atoms with E-state index in [0.29, 0.717) is 29.5 Å². The summed E-state index contributed by atoms with van der Waals surface area (Å²) in [5.74, 6) is 0.576. The number of anilines is 1. The molecule has 1 aliphatic heterocycles. The van der Waals surface area contributed by atoms with Crippen LogP contribution in [0.4, 0.5) is 5.69 Å². The summed E-state index contributed by atoms with van der Waals surface area (Å²) >= 11 is 6.07. The van der Waals surface area contributed by atoms with Crippen LogP contribution in [0.1, 0.15) is 23.6 Å². The Labute approximate surface area is 174 Å². The number of halogens is 1. The van der Waals surface area contributed by atoms with Gasteiger partial charge >= 0.3 is 0 Å². The number of hydrazine groups is 1. The lowest BCUT2D eigenvalue weighted by Gasteiger charge is -2.12. The molecule has 3 aromatic rings. The summed E-state index contributed by atoms with van der Waals surface area (Å²) in [4.78, 5) is 16.7. The Bertz CT molecular complexity index is 983. The van der Waals surface area contributed by atoms with Gasteiger partial charge in [-0.05, 0) is 42.3 Å². The summed E-state index contributed by atoms with van der Waals surface area (Å²) in [6, 6.07) is 18.5. The van der Waals surface area contributed by atoms with E-state index in [1.165, 1.54) is 0 Å². The van der Waals surface area contributed by atoms with Crippen LogP contribution >= 0.6 is 11.6 Å². The lowest BCUT2D eigenvalue weighted by molar-refractivity contribution is -0.117.